The van der Waals surface area contributed by atoms with Crippen LogP contribution in [0.5, 0.6) is 0 Å². The molecule has 5 heteroatoms. The van der Waals surface area contributed by atoms with Gasteiger partial charge in [-0.25, -0.2) is 0 Å². The molecular weight excluding hydrogens is 296 g/mol. The summed E-state index contributed by atoms with van der Waals surface area (Å²) in [6.45, 7) is -0.00918. The van der Waals surface area contributed by atoms with E-state index >= 15 is 0 Å². The highest BCUT2D eigenvalue weighted by atomic mass is 79.9. The summed E-state index contributed by atoms with van der Waals surface area (Å²) in [5, 5.41) is 12.4. The highest BCUT2D eigenvalue weighted by Crippen LogP contribution is 2.29. The van der Waals surface area contributed by atoms with E-state index in [-0.39, 0.29) is 12.5 Å². The first kappa shape index (κ1) is 13.4. The first-order valence-corrected chi connectivity index (χ1v) is 6.84. The van der Waals surface area contributed by atoms with Crippen molar-refractivity contribution in [3.63, 3.8) is 0 Å². The molecule has 1 saturated carbocycles. The van der Waals surface area contributed by atoms with Crippen molar-refractivity contribution in [2.45, 2.75) is 31.2 Å². The standard InChI is InChI=1S/C13H17BrN2O2/c14-10-4-3-9(7-11(10)15)12(18)16-13(8-17)5-1-2-6-13/h3-4,7,17H,1-2,5-6,8,15H2,(H,16,18). The molecular formula is C13H17BrN2O2. The van der Waals surface area contributed by atoms with Crippen molar-refractivity contribution >= 4 is 27.5 Å². The molecule has 1 aromatic carbocycles. The zero-order valence-electron chi connectivity index (χ0n) is 10.1. The number of aliphatic hydroxyl groups is 1. The molecule has 0 bridgehead atoms. The molecule has 0 saturated heterocycles. The molecule has 0 atom stereocenters. The summed E-state index contributed by atoms with van der Waals surface area (Å²) < 4.78 is 0.775. The maximum Gasteiger partial charge on any atom is 0.251 e. The largest absolute Gasteiger partial charge is 0.398 e. The Morgan fingerprint density at radius 2 is 2.11 bits per heavy atom. The van der Waals surface area contributed by atoms with E-state index < -0.39 is 5.54 Å². The number of nitrogens with one attached hydrogen (secondary N) is 1. The summed E-state index contributed by atoms with van der Waals surface area (Å²) in [7, 11) is 0. The molecule has 98 valence electrons. The molecule has 1 aliphatic rings. The van der Waals surface area contributed by atoms with Gasteiger partial charge in [0.1, 0.15) is 0 Å². The second-order valence-corrected chi connectivity index (χ2v) is 5.69. The van der Waals surface area contributed by atoms with Gasteiger partial charge in [0.15, 0.2) is 0 Å². The van der Waals surface area contributed by atoms with E-state index in [0.29, 0.717) is 11.3 Å². The summed E-state index contributed by atoms with van der Waals surface area (Å²) in [4.78, 5) is 12.1. The Labute approximate surface area is 115 Å². The van der Waals surface area contributed by atoms with E-state index in [9.17, 15) is 9.90 Å². The number of hydrogen-bond donors (Lipinski definition) is 3. The number of amides is 1. The lowest BCUT2D eigenvalue weighted by atomic mass is 9.98. The van der Waals surface area contributed by atoms with E-state index in [1.54, 1.807) is 18.2 Å². The van der Waals surface area contributed by atoms with E-state index in [2.05, 4.69) is 21.2 Å². The molecule has 1 fully saturated rings. The van der Waals surface area contributed by atoms with E-state index in [4.69, 9.17) is 5.73 Å². The molecule has 4 N–H and O–H groups in total. The topological polar surface area (TPSA) is 75.4 Å². The van der Waals surface area contributed by atoms with Crippen molar-refractivity contribution in [2.75, 3.05) is 12.3 Å². The molecule has 18 heavy (non-hydrogen) atoms. The number of anilines is 1. The Balaban J connectivity index is 2.13. The van der Waals surface area contributed by atoms with Gasteiger partial charge in [-0.3, -0.25) is 4.79 Å². The molecule has 1 aromatic rings. The van der Waals surface area contributed by atoms with Crippen LogP contribution in [0.2, 0.25) is 0 Å². The Bertz CT molecular complexity index is 456. The number of nitrogens with two attached hydrogens (primary N) is 1. The molecule has 1 amide bonds. The smallest absolute Gasteiger partial charge is 0.251 e. The number of hydrogen-bond acceptors (Lipinski definition) is 3. The molecule has 4 nitrogen and oxygen atoms in total. The van der Waals surface area contributed by atoms with Crippen LogP contribution < -0.4 is 11.1 Å². The number of halogens is 1. The lowest BCUT2D eigenvalue weighted by molar-refractivity contribution is 0.0838. The monoisotopic (exact) mass is 312 g/mol. The van der Waals surface area contributed by atoms with Crippen molar-refractivity contribution < 1.29 is 9.90 Å². The van der Waals surface area contributed by atoms with Gasteiger partial charge in [-0.2, -0.15) is 0 Å². The number of aliphatic hydroxyl groups excluding tert-OH is 1. The second kappa shape index (κ2) is 5.28. The second-order valence-electron chi connectivity index (χ2n) is 4.84. The summed E-state index contributed by atoms with van der Waals surface area (Å²) in [6, 6.07) is 5.11. The first-order chi connectivity index (χ1) is 8.56. The van der Waals surface area contributed by atoms with E-state index in [0.717, 1.165) is 30.2 Å². The van der Waals surface area contributed by atoms with E-state index in [1.807, 2.05) is 0 Å². The first-order valence-electron chi connectivity index (χ1n) is 6.05. The Hall–Kier alpha value is -1.07. The van der Waals surface area contributed by atoms with Gasteiger partial charge in [-0.1, -0.05) is 12.8 Å². The quantitative estimate of drug-likeness (QED) is 0.748. The fourth-order valence-electron chi connectivity index (χ4n) is 2.37. The van der Waals surface area contributed by atoms with Gasteiger partial charge in [0.25, 0.3) is 5.91 Å². The fourth-order valence-corrected chi connectivity index (χ4v) is 2.62. The summed E-state index contributed by atoms with van der Waals surface area (Å²) in [5.41, 5.74) is 6.37. The molecule has 0 aliphatic heterocycles. The number of carbonyl (C=O) groups is 1. The van der Waals surface area contributed by atoms with Gasteiger partial charge in [0.05, 0.1) is 12.1 Å². The maximum absolute atomic E-state index is 12.1. The minimum absolute atomic E-state index is 0.00918. The summed E-state index contributed by atoms with van der Waals surface area (Å²) in [6.07, 6.45) is 3.76. The van der Waals surface area contributed by atoms with Gasteiger partial charge in [0.2, 0.25) is 0 Å². The number of benzene rings is 1. The van der Waals surface area contributed by atoms with Gasteiger partial charge in [-0.15, -0.1) is 0 Å². The van der Waals surface area contributed by atoms with Crippen molar-refractivity contribution in [1.29, 1.82) is 0 Å². The predicted molar refractivity (Wildman–Crippen MR) is 74.3 cm³/mol. The number of nitrogen functional groups attached to an aromatic ring is 1. The predicted octanol–water partition coefficient (Wildman–Crippen LogP) is 2.07. The van der Waals surface area contributed by atoms with E-state index in [1.165, 1.54) is 0 Å². The van der Waals surface area contributed by atoms with Crippen LogP contribution in [0.1, 0.15) is 36.0 Å². The van der Waals surface area contributed by atoms with Crippen molar-refractivity contribution in [3.05, 3.63) is 28.2 Å². The lowest BCUT2D eigenvalue weighted by Gasteiger charge is -2.28. The highest BCUT2D eigenvalue weighted by Gasteiger charge is 2.34. The average Bonchev–Trinajstić information content (AvgIpc) is 2.82. The van der Waals surface area contributed by atoms with Gasteiger partial charge in [-0.05, 0) is 47.0 Å². The molecule has 0 unspecified atom stereocenters. The minimum atomic E-state index is -0.446. The Kier molecular flexibility index (Phi) is 3.92. The third kappa shape index (κ3) is 2.67. The Morgan fingerprint density at radius 1 is 1.44 bits per heavy atom. The summed E-state index contributed by atoms with van der Waals surface area (Å²) in [5.74, 6) is -0.176. The van der Waals surface area contributed by atoms with Crippen molar-refractivity contribution in [2.24, 2.45) is 0 Å². The average molecular weight is 313 g/mol. The normalized spacial score (nSPS) is 17.7. The van der Waals surface area contributed by atoms with Crippen LogP contribution >= 0.6 is 15.9 Å². The van der Waals surface area contributed by atoms with Gasteiger partial charge >= 0.3 is 0 Å². The third-order valence-electron chi connectivity index (χ3n) is 3.50. The third-order valence-corrected chi connectivity index (χ3v) is 4.22. The molecule has 0 radical (unpaired) electrons. The minimum Gasteiger partial charge on any atom is -0.398 e. The number of rotatable bonds is 3. The van der Waals surface area contributed by atoms with Crippen LogP contribution in [-0.2, 0) is 0 Å². The molecule has 0 aromatic heterocycles. The highest BCUT2D eigenvalue weighted by molar-refractivity contribution is 9.10. The van der Waals surface area contributed by atoms with Crippen LogP contribution in [0, 0.1) is 0 Å². The van der Waals surface area contributed by atoms with Crippen LogP contribution in [0.15, 0.2) is 22.7 Å². The molecule has 1 aliphatic carbocycles. The van der Waals surface area contributed by atoms with Crippen LogP contribution in [-0.4, -0.2) is 23.2 Å². The zero-order valence-corrected chi connectivity index (χ0v) is 11.7. The fraction of sp³-hybridized carbons (Fsp3) is 0.462. The lowest BCUT2D eigenvalue weighted by Crippen LogP contribution is -2.49. The zero-order chi connectivity index (χ0) is 13.2. The van der Waals surface area contributed by atoms with Crippen molar-refractivity contribution in [1.82, 2.24) is 5.32 Å². The molecule has 0 spiro atoms. The molecule has 0 heterocycles. The van der Waals surface area contributed by atoms with Crippen LogP contribution in [0.3, 0.4) is 0 Å². The van der Waals surface area contributed by atoms with Crippen molar-refractivity contribution in [3.8, 4) is 0 Å². The van der Waals surface area contributed by atoms with Gasteiger partial charge in [0, 0.05) is 15.7 Å². The van der Waals surface area contributed by atoms with Gasteiger partial charge < -0.3 is 16.2 Å². The maximum atomic E-state index is 12.1. The Morgan fingerprint density at radius 3 is 2.67 bits per heavy atom. The SMILES string of the molecule is Nc1cc(C(=O)NC2(CO)CCCC2)ccc1Br. The number of carbonyl (C=O) groups excluding carboxylic acids is 1. The summed E-state index contributed by atoms with van der Waals surface area (Å²) >= 11 is 3.29. The van der Waals surface area contributed by atoms with Crippen LogP contribution in [0.25, 0.3) is 0 Å². The van der Waals surface area contributed by atoms with Crippen LogP contribution in [0.4, 0.5) is 5.69 Å². The molecule has 2 rings (SSSR count).